The Bertz CT molecular complexity index is 1410. The van der Waals surface area contributed by atoms with Crippen molar-refractivity contribution in [3.05, 3.63) is 52.2 Å². The first-order valence-electron chi connectivity index (χ1n) is 12.6. The van der Waals surface area contributed by atoms with Crippen molar-refractivity contribution in [2.24, 2.45) is 0 Å². The van der Waals surface area contributed by atoms with Crippen molar-refractivity contribution in [3.63, 3.8) is 0 Å². The van der Waals surface area contributed by atoms with Gasteiger partial charge in [0.15, 0.2) is 5.43 Å². The van der Waals surface area contributed by atoms with Crippen molar-refractivity contribution >= 4 is 11.0 Å². The van der Waals surface area contributed by atoms with E-state index in [0.29, 0.717) is 5.56 Å². The van der Waals surface area contributed by atoms with Gasteiger partial charge in [0.05, 0.1) is 30.5 Å². The molecule has 5 rings (SSSR count). The summed E-state index contributed by atoms with van der Waals surface area (Å²) in [5.74, 6) is -0.677. The smallest absolute Gasteiger partial charge is 0.229 e. The fourth-order valence-corrected chi connectivity index (χ4v) is 5.01. The van der Waals surface area contributed by atoms with Crippen molar-refractivity contribution in [1.29, 1.82) is 0 Å². The Morgan fingerprint density at radius 1 is 0.925 bits per heavy atom. The predicted molar refractivity (Wildman–Crippen MR) is 136 cm³/mol. The molecule has 9 atom stereocenters. The van der Waals surface area contributed by atoms with E-state index in [1.807, 2.05) is 0 Å². The Morgan fingerprint density at radius 2 is 1.62 bits per heavy atom. The van der Waals surface area contributed by atoms with Crippen molar-refractivity contribution in [3.8, 4) is 28.6 Å². The normalized spacial score (nSPS) is 32.7. The molecule has 3 aromatic rings. The minimum Gasteiger partial charge on any atom is -0.507 e. The fourth-order valence-electron chi connectivity index (χ4n) is 5.01. The quantitative estimate of drug-likeness (QED) is 0.199. The summed E-state index contributed by atoms with van der Waals surface area (Å²) >= 11 is 0. The molecule has 2 aromatic carbocycles. The standard InChI is InChI=1S/C27H30O13/c1-10-22(32)15(31)8-17(37-10)20-14(30)7-18-21(24(20)34)13(29)6-16(39-18)11-2-4-12(5-3-11)38-27-26(36)25(35)23(33)19(9-28)40-27/h2-7,10,15,17,19,22-23,25-28,30-36H,8-9H2,1H3/t10-,15-,17-,19-,22+,23-,25+,26-,27-/m1/s1. The number of hydrogen-bond acceptors (Lipinski definition) is 13. The zero-order chi connectivity index (χ0) is 28.9. The van der Waals surface area contributed by atoms with Crippen LogP contribution in [0, 0.1) is 0 Å². The molecule has 13 heteroatoms. The fraction of sp³-hybridized carbons (Fsp3) is 0.444. The number of aliphatic hydroxyl groups excluding tert-OH is 6. The summed E-state index contributed by atoms with van der Waals surface area (Å²) in [4.78, 5) is 13.0. The second kappa shape index (κ2) is 11.0. The minimum absolute atomic E-state index is 0.0972. The first-order chi connectivity index (χ1) is 19.0. The number of fused-ring (bicyclic) bond motifs is 1. The first-order valence-corrected chi connectivity index (χ1v) is 12.6. The lowest BCUT2D eigenvalue weighted by atomic mass is 9.92. The zero-order valence-corrected chi connectivity index (χ0v) is 21.2. The van der Waals surface area contributed by atoms with Gasteiger partial charge >= 0.3 is 0 Å². The highest BCUT2D eigenvalue weighted by atomic mass is 16.7. The zero-order valence-electron chi connectivity index (χ0n) is 21.2. The third-order valence-electron chi connectivity index (χ3n) is 7.28. The number of aliphatic hydroxyl groups is 6. The van der Waals surface area contributed by atoms with Gasteiger partial charge in [0.1, 0.15) is 64.5 Å². The summed E-state index contributed by atoms with van der Waals surface area (Å²) in [6.45, 7) is 0.936. The molecule has 2 saturated heterocycles. The van der Waals surface area contributed by atoms with Gasteiger partial charge in [0.2, 0.25) is 6.29 Å². The Labute approximate surface area is 226 Å². The molecule has 0 unspecified atom stereocenters. The second-order valence-electron chi connectivity index (χ2n) is 9.97. The van der Waals surface area contributed by atoms with Crippen LogP contribution in [0.3, 0.4) is 0 Å². The van der Waals surface area contributed by atoms with Crippen LogP contribution in [0.15, 0.2) is 45.6 Å². The van der Waals surface area contributed by atoms with Crippen LogP contribution in [-0.4, -0.2) is 96.5 Å². The highest BCUT2D eigenvalue weighted by molar-refractivity contribution is 5.88. The van der Waals surface area contributed by atoms with Gasteiger partial charge in [-0.1, -0.05) is 0 Å². The largest absolute Gasteiger partial charge is 0.507 e. The molecule has 216 valence electrons. The summed E-state index contributed by atoms with van der Waals surface area (Å²) in [6.07, 6.45) is -11.4. The highest BCUT2D eigenvalue weighted by Gasteiger charge is 2.44. The lowest BCUT2D eigenvalue weighted by Crippen LogP contribution is -2.60. The van der Waals surface area contributed by atoms with E-state index in [9.17, 15) is 45.6 Å². The van der Waals surface area contributed by atoms with E-state index < -0.39 is 78.7 Å². The number of aromatic hydroxyl groups is 2. The maximum atomic E-state index is 13.0. The monoisotopic (exact) mass is 562 g/mol. The van der Waals surface area contributed by atoms with Crippen LogP contribution in [-0.2, 0) is 9.47 Å². The van der Waals surface area contributed by atoms with Crippen LogP contribution in [0.25, 0.3) is 22.3 Å². The molecule has 0 bridgehead atoms. The average molecular weight is 563 g/mol. The highest BCUT2D eigenvalue weighted by Crippen LogP contribution is 2.44. The van der Waals surface area contributed by atoms with Crippen molar-refractivity contribution in [2.45, 2.75) is 68.5 Å². The van der Waals surface area contributed by atoms with E-state index in [1.54, 1.807) is 0 Å². The van der Waals surface area contributed by atoms with Gasteiger partial charge in [-0.05, 0) is 31.2 Å². The molecule has 3 heterocycles. The van der Waals surface area contributed by atoms with E-state index in [-0.39, 0.29) is 34.5 Å². The first kappa shape index (κ1) is 28.3. The van der Waals surface area contributed by atoms with Gasteiger partial charge in [-0.15, -0.1) is 0 Å². The van der Waals surface area contributed by atoms with Crippen LogP contribution in [0.1, 0.15) is 25.0 Å². The molecule has 13 nitrogen and oxygen atoms in total. The number of ether oxygens (including phenoxy) is 3. The van der Waals surface area contributed by atoms with E-state index in [0.717, 1.165) is 12.1 Å². The maximum Gasteiger partial charge on any atom is 0.229 e. The van der Waals surface area contributed by atoms with Crippen molar-refractivity contribution in [2.75, 3.05) is 6.61 Å². The van der Waals surface area contributed by atoms with Crippen LogP contribution < -0.4 is 10.2 Å². The van der Waals surface area contributed by atoms with Crippen LogP contribution in [0.4, 0.5) is 0 Å². The molecule has 2 aliphatic heterocycles. The van der Waals surface area contributed by atoms with E-state index >= 15 is 0 Å². The van der Waals surface area contributed by atoms with Crippen LogP contribution in [0.5, 0.6) is 17.2 Å². The lowest BCUT2D eigenvalue weighted by Gasteiger charge is -2.39. The molecule has 0 saturated carbocycles. The number of phenols is 2. The summed E-state index contributed by atoms with van der Waals surface area (Å²) in [6, 6.07) is 8.32. The average Bonchev–Trinajstić information content (AvgIpc) is 2.91. The number of phenolic OH excluding ortho intramolecular Hbond substituents is 2. The molecule has 40 heavy (non-hydrogen) atoms. The maximum absolute atomic E-state index is 13.0. The summed E-state index contributed by atoms with van der Waals surface area (Å²) in [5.41, 5.74) is -0.391. The number of hydrogen-bond donors (Lipinski definition) is 8. The molecule has 0 radical (unpaired) electrons. The number of rotatable bonds is 5. The Kier molecular flexibility index (Phi) is 7.74. The van der Waals surface area contributed by atoms with Gasteiger partial charge in [-0.3, -0.25) is 4.79 Å². The van der Waals surface area contributed by atoms with Crippen molar-refractivity contribution in [1.82, 2.24) is 0 Å². The summed E-state index contributed by atoms with van der Waals surface area (Å²) in [7, 11) is 0. The second-order valence-corrected chi connectivity index (χ2v) is 9.97. The van der Waals surface area contributed by atoms with Gasteiger partial charge in [0, 0.05) is 24.1 Å². The molecule has 0 spiro atoms. The third-order valence-corrected chi connectivity index (χ3v) is 7.28. The van der Waals surface area contributed by atoms with Gasteiger partial charge in [-0.25, -0.2) is 0 Å². The SMILES string of the molecule is C[C@H]1O[C@@H](c2c(O)cc3oc(-c4ccc(O[C@@H]5O[C@H](CO)[C@@H](O)[C@H](O)[C@H]5O)cc4)cc(=O)c3c2O)C[C@@H](O)[C@H]1O. The van der Waals surface area contributed by atoms with Crippen molar-refractivity contribution < 1.29 is 59.5 Å². The number of benzene rings is 2. The minimum atomic E-state index is -1.60. The third kappa shape index (κ3) is 5.02. The Balaban J connectivity index is 1.41. The van der Waals surface area contributed by atoms with Crippen LogP contribution in [0.2, 0.25) is 0 Å². The molecule has 2 fully saturated rings. The van der Waals surface area contributed by atoms with Gasteiger partial charge in [0.25, 0.3) is 0 Å². The van der Waals surface area contributed by atoms with E-state index in [1.165, 1.54) is 31.2 Å². The molecule has 0 amide bonds. The summed E-state index contributed by atoms with van der Waals surface area (Å²) in [5, 5.41) is 80.8. The molecular formula is C27H30O13. The van der Waals surface area contributed by atoms with E-state index in [4.69, 9.17) is 18.6 Å². The van der Waals surface area contributed by atoms with Crippen LogP contribution >= 0.6 is 0 Å². The molecular weight excluding hydrogens is 532 g/mol. The summed E-state index contributed by atoms with van der Waals surface area (Å²) < 4.78 is 22.4. The molecule has 2 aliphatic rings. The lowest BCUT2D eigenvalue weighted by molar-refractivity contribution is -0.277. The van der Waals surface area contributed by atoms with E-state index in [2.05, 4.69) is 0 Å². The molecule has 1 aromatic heterocycles. The predicted octanol–water partition coefficient (Wildman–Crippen LogP) is -0.378. The van der Waals surface area contributed by atoms with Gasteiger partial charge in [-0.2, -0.15) is 0 Å². The molecule has 8 N–H and O–H groups in total. The molecule has 0 aliphatic carbocycles. The van der Waals surface area contributed by atoms with Gasteiger partial charge < -0.3 is 59.5 Å². The Morgan fingerprint density at radius 3 is 2.27 bits per heavy atom. The topological polar surface area (TPSA) is 220 Å². The Hall–Kier alpha value is -3.27.